The lowest BCUT2D eigenvalue weighted by Gasteiger charge is -2.29. The minimum absolute atomic E-state index is 0.0263. The fourth-order valence-electron chi connectivity index (χ4n) is 6.96. The molecule has 31 nitrogen and oxygen atoms in total. The summed E-state index contributed by atoms with van der Waals surface area (Å²) in [6, 6.07) is -11.2. The van der Waals surface area contributed by atoms with Crippen LogP contribution in [0, 0.1) is 11.8 Å². The fourth-order valence-corrected chi connectivity index (χ4v) is 6.96. The van der Waals surface area contributed by atoms with E-state index in [0.717, 1.165) is 0 Å². The van der Waals surface area contributed by atoms with Gasteiger partial charge in [-0.2, -0.15) is 0 Å². The number of hydrogen-bond donors (Lipinski definition) is 18. The first kappa shape index (κ1) is 67.4. The molecule has 0 heterocycles. The fraction of sp³-hybridized carbons (Fsp3) is 0.705. The Hall–Kier alpha value is -7.57. The first-order chi connectivity index (χ1) is 35.1. The van der Waals surface area contributed by atoms with Gasteiger partial charge >= 0.3 is 11.9 Å². The van der Waals surface area contributed by atoms with Gasteiger partial charge in [-0.1, -0.05) is 27.7 Å². The number of carbonyl (C=O) groups is 10. The molecule has 0 saturated heterocycles. The first-order valence-electron chi connectivity index (χ1n) is 24.6. The van der Waals surface area contributed by atoms with Crippen molar-refractivity contribution in [3.05, 3.63) is 0 Å². The van der Waals surface area contributed by atoms with E-state index in [-0.39, 0.29) is 89.0 Å². The summed E-state index contributed by atoms with van der Waals surface area (Å²) in [5, 5.41) is 36.9. The Morgan fingerprint density at radius 2 is 0.747 bits per heavy atom. The van der Waals surface area contributed by atoms with E-state index in [2.05, 4.69) is 52.2 Å². The third kappa shape index (κ3) is 29.7. The summed E-state index contributed by atoms with van der Waals surface area (Å²) in [5.74, 6) is -11.8. The van der Waals surface area contributed by atoms with Crippen LogP contribution in [-0.4, -0.2) is 162 Å². The molecule has 0 aromatic heterocycles. The maximum Gasteiger partial charge on any atom is 0.326 e. The predicted octanol–water partition coefficient (Wildman–Crippen LogP) is -6.48. The molecule has 0 rings (SSSR count). The molecule has 0 fully saturated rings. The minimum Gasteiger partial charge on any atom is -0.481 e. The van der Waals surface area contributed by atoms with Gasteiger partial charge in [-0.3, -0.25) is 58.1 Å². The third-order valence-corrected chi connectivity index (χ3v) is 11.1. The van der Waals surface area contributed by atoms with Crippen LogP contribution in [0.2, 0.25) is 0 Å². The largest absolute Gasteiger partial charge is 0.481 e. The highest BCUT2D eigenvalue weighted by molar-refractivity contribution is 5.98. The number of hydrogen-bond acceptors (Lipinski definition) is 15. The second kappa shape index (κ2) is 36.4. The van der Waals surface area contributed by atoms with E-state index in [9.17, 15) is 58.2 Å². The molecule has 31 heteroatoms. The predicted molar refractivity (Wildman–Crippen MR) is 277 cm³/mol. The van der Waals surface area contributed by atoms with Crippen molar-refractivity contribution < 1.29 is 58.2 Å². The SMILES string of the molecule is CC(C)C(NC(=O)C(N)CCCN=C(N)N)C(=O)NC(C(=O)NC(CCC(N)=O)C(=O)NC(CCCN=C(N)N)C(=O)NC(CCC(=O)O)C(=O)NC(CCCCN)C(=O)NC(CCCN=C(N)N)C(=O)O)C(C)C. The van der Waals surface area contributed by atoms with Crippen LogP contribution in [0.5, 0.6) is 0 Å². The Labute approximate surface area is 435 Å². The van der Waals surface area contributed by atoms with Crippen molar-refractivity contribution in [2.75, 3.05) is 26.2 Å². The van der Waals surface area contributed by atoms with Crippen molar-refractivity contribution in [1.82, 2.24) is 37.2 Å². The summed E-state index contributed by atoms with van der Waals surface area (Å²) in [6.07, 6.45) is -1.03. The van der Waals surface area contributed by atoms with Crippen LogP contribution in [0.15, 0.2) is 15.0 Å². The molecule has 8 unspecified atom stereocenters. The first-order valence-corrected chi connectivity index (χ1v) is 24.6. The number of amides is 8. The van der Waals surface area contributed by atoms with Gasteiger partial charge < -0.3 is 99.0 Å². The molecule has 0 spiro atoms. The van der Waals surface area contributed by atoms with Gasteiger partial charge in [0.15, 0.2) is 17.9 Å². The zero-order chi connectivity index (χ0) is 57.4. The van der Waals surface area contributed by atoms with Crippen LogP contribution >= 0.6 is 0 Å². The zero-order valence-electron chi connectivity index (χ0n) is 43.3. The van der Waals surface area contributed by atoms with E-state index in [0.29, 0.717) is 12.8 Å². The molecule has 0 aliphatic rings. The standard InChI is InChI=1S/C44H83N19O12/c1-22(2)32(63-40(73)33(23(3)4)62-34(67)24(46)10-7-19-54-42(48)49)39(72)60-27(14-16-30(47)64)37(70)58-26(12-8-20-55-43(50)51)35(68)59-28(15-17-31(65)66)38(71)57-25(11-5-6-18-45)36(69)61-29(41(74)75)13-9-21-56-44(52)53/h22-29,32-33H,5-21,45-46H2,1-4H3,(H2,47,64)(H,57,71)(H,58,70)(H,59,68)(H,60,72)(H,61,69)(H,62,67)(H,63,73)(H,65,66)(H,74,75)(H4,48,49,54)(H4,50,51,55)(H4,52,53,56). The topological polar surface area (TPSA) is 567 Å². The number of guanidine groups is 3. The van der Waals surface area contributed by atoms with Crippen LogP contribution in [0.1, 0.15) is 111 Å². The molecule has 75 heavy (non-hydrogen) atoms. The number of carboxylic acid groups (broad SMARTS) is 2. The Bertz CT molecular complexity index is 1990. The lowest BCUT2D eigenvalue weighted by atomic mass is 9.98. The van der Waals surface area contributed by atoms with Crippen LogP contribution in [-0.2, 0) is 47.9 Å². The van der Waals surface area contributed by atoms with Gasteiger partial charge in [0.1, 0.15) is 42.3 Å². The number of nitrogens with one attached hydrogen (secondary N) is 7. The molecule has 0 aliphatic heterocycles. The molecule has 0 aliphatic carbocycles. The van der Waals surface area contributed by atoms with Crippen molar-refractivity contribution in [3.63, 3.8) is 0 Å². The quantitative estimate of drug-likeness (QED) is 0.0155. The molecule has 0 aromatic carbocycles. The number of rotatable bonds is 39. The number of aliphatic imine (C=N–C) groups is 3. The van der Waals surface area contributed by atoms with Gasteiger partial charge in [-0.15, -0.1) is 0 Å². The summed E-state index contributed by atoms with van der Waals surface area (Å²) in [4.78, 5) is 144. The smallest absolute Gasteiger partial charge is 0.326 e. The van der Waals surface area contributed by atoms with Gasteiger partial charge in [0.05, 0.1) is 6.04 Å². The molecular formula is C44H83N19O12. The summed E-state index contributed by atoms with van der Waals surface area (Å²) in [5.41, 5.74) is 49.4. The van der Waals surface area contributed by atoms with Gasteiger partial charge in [0.2, 0.25) is 47.3 Å². The maximum atomic E-state index is 14.2. The Morgan fingerprint density at radius 1 is 0.413 bits per heavy atom. The van der Waals surface area contributed by atoms with E-state index in [4.69, 9.17) is 51.6 Å². The number of nitrogens with two attached hydrogens (primary N) is 9. The van der Waals surface area contributed by atoms with Crippen molar-refractivity contribution in [2.24, 2.45) is 78.4 Å². The summed E-state index contributed by atoms with van der Waals surface area (Å²) in [6.45, 7) is 6.91. The van der Waals surface area contributed by atoms with Crippen molar-refractivity contribution in [3.8, 4) is 0 Å². The molecule has 426 valence electrons. The number of carbonyl (C=O) groups excluding carboxylic acids is 8. The van der Waals surface area contributed by atoms with Crippen molar-refractivity contribution in [2.45, 2.75) is 160 Å². The van der Waals surface area contributed by atoms with E-state index in [1.807, 2.05) is 0 Å². The average Bonchev–Trinajstić information content (AvgIpc) is 3.31. The van der Waals surface area contributed by atoms with E-state index in [1.54, 1.807) is 27.7 Å². The highest BCUT2D eigenvalue weighted by Gasteiger charge is 2.36. The molecule has 0 saturated carbocycles. The summed E-state index contributed by atoms with van der Waals surface area (Å²) in [7, 11) is 0. The van der Waals surface area contributed by atoms with E-state index < -0.39 is 145 Å². The normalized spacial score (nSPS) is 14.1. The van der Waals surface area contributed by atoms with Crippen molar-refractivity contribution in [1.29, 1.82) is 0 Å². The molecule has 0 radical (unpaired) electrons. The Morgan fingerprint density at radius 3 is 1.12 bits per heavy atom. The van der Waals surface area contributed by atoms with Crippen molar-refractivity contribution >= 4 is 77.1 Å². The Kier molecular flexibility index (Phi) is 32.7. The lowest BCUT2D eigenvalue weighted by molar-refractivity contribution is -0.142. The molecule has 0 bridgehead atoms. The third-order valence-electron chi connectivity index (χ3n) is 11.1. The number of primary amides is 1. The molecular weight excluding hydrogens is 987 g/mol. The highest BCUT2D eigenvalue weighted by Crippen LogP contribution is 2.12. The second-order valence-corrected chi connectivity index (χ2v) is 18.3. The van der Waals surface area contributed by atoms with E-state index in [1.165, 1.54) is 0 Å². The van der Waals surface area contributed by atoms with Gasteiger partial charge in [-0.25, -0.2) is 4.79 Å². The van der Waals surface area contributed by atoms with E-state index >= 15 is 0 Å². The summed E-state index contributed by atoms with van der Waals surface area (Å²) < 4.78 is 0. The zero-order valence-corrected chi connectivity index (χ0v) is 43.3. The number of carboxylic acids is 2. The second-order valence-electron chi connectivity index (χ2n) is 18.3. The summed E-state index contributed by atoms with van der Waals surface area (Å²) >= 11 is 0. The van der Waals surface area contributed by atoms with Crippen LogP contribution < -0.4 is 88.8 Å². The highest BCUT2D eigenvalue weighted by atomic mass is 16.4. The van der Waals surface area contributed by atoms with Gasteiger partial charge in [0.25, 0.3) is 0 Å². The average molecular weight is 1070 g/mol. The monoisotopic (exact) mass is 1070 g/mol. The number of unbranched alkanes of at least 4 members (excludes halogenated alkanes) is 1. The van der Waals surface area contributed by atoms with Gasteiger partial charge in [0, 0.05) is 32.5 Å². The van der Waals surface area contributed by atoms with Crippen LogP contribution in [0.25, 0.3) is 0 Å². The van der Waals surface area contributed by atoms with Gasteiger partial charge in [-0.05, 0) is 89.0 Å². The van der Waals surface area contributed by atoms with Crippen LogP contribution in [0.4, 0.5) is 0 Å². The molecule has 8 atom stereocenters. The number of nitrogens with zero attached hydrogens (tertiary/aromatic N) is 3. The molecule has 27 N–H and O–H groups in total. The number of aliphatic carboxylic acids is 2. The maximum absolute atomic E-state index is 14.2. The Balaban J connectivity index is 6.78. The molecule has 8 amide bonds. The lowest BCUT2D eigenvalue weighted by Crippen LogP contribution is -2.61. The minimum atomic E-state index is -1.67. The molecule has 0 aromatic rings. The van der Waals surface area contributed by atoms with Crippen LogP contribution in [0.3, 0.4) is 0 Å².